The number of aromatic hydroxyl groups is 1. The number of likely N-dealkylation sites (tertiary alicyclic amines) is 1. The summed E-state index contributed by atoms with van der Waals surface area (Å²) in [6.07, 6.45) is 2.26. The highest BCUT2D eigenvalue weighted by atomic mass is 35.5. The zero-order valence-corrected chi connectivity index (χ0v) is 19.7. The zero-order valence-electron chi connectivity index (χ0n) is 19.0. The lowest BCUT2D eigenvalue weighted by atomic mass is 9.98. The lowest BCUT2D eigenvalue weighted by molar-refractivity contribution is 0.157. The van der Waals surface area contributed by atoms with Crippen LogP contribution in [0.3, 0.4) is 0 Å². The number of hydrogen-bond donors (Lipinski definition) is 2. The van der Waals surface area contributed by atoms with Gasteiger partial charge in [-0.1, -0.05) is 11.6 Å². The zero-order chi connectivity index (χ0) is 23.1. The number of pyridine rings is 1. The minimum absolute atomic E-state index is 0.0311. The molecule has 0 radical (unpaired) electrons. The number of phenols is 1. The highest BCUT2D eigenvalue weighted by Crippen LogP contribution is 2.41. The Morgan fingerprint density at radius 3 is 2.64 bits per heavy atom. The van der Waals surface area contributed by atoms with E-state index in [0.29, 0.717) is 35.4 Å². The van der Waals surface area contributed by atoms with Gasteiger partial charge in [-0.05, 0) is 76.2 Å². The SMILES string of the molecule is COc1cc2c(-c3ccc(O)c(Cl)c3)nc3n[nH]c(C)c3c2cc1OCC1CCN(C)CC1. The average Bonchev–Trinajstić information content (AvgIpc) is 3.20. The molecule has 1 saturated heterocycles. The number of aryl methyl sites for hydroxylation is 1. The molecule has 0 aliphatic carbocycles. The van der Waals surface area contributed by atoms with Gasteiger partial charge in [-0.3, -0.25) is 5.10 Å². The molecule has 5 rings (SSSR count). The minimum atomic E-state index is 0.0311. The van der Waals surface area contributed by atoms with Crippen LogP contribution in [0.5, 0.6) is 17.2 Å². The molecule has 33 heavy (non-hydrogen) atoms. The van der Waals surface area contributed by atoms with Gasteiger partial charge in [-0.2, -0.15) is 5.10 Å². The number of methoxy groups -OCH3 is 1. The summed E-state index contributed by atoms with van der Waals surface area (Å²) in [5.41, 5.74) is 3.05. The fourth-order valence-corrected chi connectivity index (χ4v) is 4.71. The van der Waals surface area contributed by atoms with Crippen LogP contribution in [0, 0.1) is 12.8 Å². The Morgan fingerprint density at radius 2 is 1.91 bits per heavy atom. The normalized spacial score (nSPS) is 15.4. The van der Waals surface area contributed by atoms with Crippen molar-refractivity contribution in [2.45, 2.75) is 19.8 Å². The van der Waals surface area contributed by atoms with E-state index in [1.807, 2.05) is 19.1 Å². The summed E-state index contributed by atoms with van der Waals surface area (Å²) in [5, 5.41) is 20.4. The van der Waals surface area contributed by atoms with Gasteiger partial charge in [0.25, 0.3) is 0 Å². The Kier molecular flexibility index (Phi) is 5.76. The van der Waals surface area contributed by atoms with Crippen LogP contribution >= 0.6 is 11.6 Å². The van der Waals surface area contributed by atoms with Crippen molar-refractivity contribution < 1.29 is 14.6 Å². The first-order valence-electron chi connectivity index (χ1n) is 11.1. The number of aromatic nitrogens is 3. The second kappa shape index (κ2) is 8.72. The monoisotopic (exact) mass is 466 g/mol. The molecule has 7 nitrogen and oxygen atoms in total. The third-order valence-corrected chi connectivity index (χ3v) is 6.81. The number of ether oxygens (including phenoxy) is 2. The van der Waals surface area contributed by atoms with Gasteiger partial charge in [0.05, 0.1) is 24.4 Å². The predicted molar refractivity (Wildman–Crippen MR) is 131 cm³/mol. The lowest BCUT2D eigenvalue weighted by Crippen LogP contribution is -2.32. The molecule has 2 aromatic heterocycles. The molecule has 0 amide bonds. The second-order valence-corrected chi connectivity index (χ2v) is 9.19. The van der Waals surface area contributed by atoms with E-state index < -0.39 is 0 Å². The number of hydrogen-bond acceptors (Lipinski definition) is 6. The maximum absolute atomic E-state index is 9.87. The van der Waals surface area contributed by atoms with Crippen molar-refractivity contribution in [2.75, 3.05) is 33.9 Å². The van der Waals surface area contributed by atoms with Crippen LogP contribution in [0.1, 0.15) is 18.5 Å². The van der Waals surface area contributed by atoms with Gasteiger partial charge in [0.1, 0.15) is 5.75 Å². The average molecular weight is 467 g/mol. The maximum Gasteiger partial charge on any atom is 0.182 e. The summed E-state index contributed by atoms with van der Waals surface area (Å²) >= 11 is 6.20. The van der Waals surface area contributed by atoms with Gasteiger partial charge in [-0.25, -0.2) is 4.98 Å². The van der Waals surface area contributed by atoms with E-state index in [9.17, 15) is 5.11 Å². The van der Waals surface area contributed by atoms with Crippen LogP contribution in [0.25, 0.3) is 33.1 Å². The number of H-pyrrole nitrogens is 1. The number of fused-ring (bicyclic) bond motifs is 3. The number of benzene rings is 2. The van der Waals surface area contributed by atoms with Gasteiger partial charge < -0.3 is 19.5 Å². The molecule has 0 unspecified atom stereocenters. The van der Waals surface area contributed by atoms with Crippen molar-refractivity contribution in [3.05, 3.63) is 41.0 Å². The molecule has 1 aliphatic heterocycles. The minimum Gasteiger partial charge on any atom is -0.506 e. The third kappa shape index (κ3) is 4.07. The Morgan fingerprint density at radius 1 is 1.15 bits per heavy atom. The number of nitrogens with one attached hydrogen (secondary N) is 1. The molecule has 0 spiro atoms. The van der Waals surface area contributed by atoms with Gasteiger partial charge in [0.2, 0.25) is 0 Å². The largest absolute Gasteiger partial charge is 0.506 e. The Bertz CT molecular complexity index is 1330. The number of nitrogens with zero attached hydrogens (tertiary/aromatic N) is 3. The van der Waals surface area contributed by atoms with Crippen molar-refractivity contribution in [1.29, 1.82) is 0 Å². The van der Waals surface area contributed by atoms with Gasteiger partial charge >= 0.3 is 0 Å². The fourth-order valence-electron chi connectivity index (χ4n) is 4.53. The number of phenolic OH excluding ortho intramolecular Hbond substituents is 1. The van der Waals surface area contributed by atoms with E-state index in [1.165, 1.54) is 0 Å². The molecule has 2 N–H and O–H groups in total. The van der Waals surface area contributed by atoms with E-state index in [1.54, 1.807) is 25.3 Å². The molecule has 1 aliphatic rings. The van der Waals surface area contributed by atoms with Crippen molar-refractivity contribution in [1.82, 2.24) is 20.1 Å². The maximum atomic E-state index is 9.87. The summed E-state index contributed by atoms with van der Waals surface area (Å²) in [7, 11) is 3.81. The summed E-state index contributed by atoms with van der Waals surface area (Å²) < 4.78 is 12.0. The Labute approximate surface area is 197 Å². The lowest BCUT2D eigenvalue weighted by Gasteiger charge is -2.29. The summed E-state index contributed by atoms with van der Waals surface area (Å²) in [6, 6.07) is 9.07. The van der Waals surface area contributed by atoms with Crippen LogP contribution in [0.4, 0.5) is 0 Å². The number of halogens is 1. The van der Waals surface area contributed by atoms with Crippen molar-refractivity contribution in [2.24, 2.45) is 5.92 Å². The molecule has 8 heteroatoms. The van der Waals surface area contributed by atoms with E-state index in [4.69, 9.17) is 26.1 Å². The van der Waals surface area contributed by atoms with Gasteiger partial charge in [0.15, 0.2) is 17.1 Å². The van der Waals surface area contributed by atoms with Crippen LogP contribution in [0.2, 0.25) is 5.02 Å². The Hall–Kier alpha value is -3.03. The topological polar surface area (TPSA) is 83.5 Å². The molecule has 172 valence electrons. The van der Waals surface area contributed by atoms with E-state index in [-0.39, 0.29) is 10.8 Å². The standard InChI is InChI=1S/C25H27ClN4O3/c1-14-23-17-11-22(33-13-15-6-8-30(2)9-7-15)21(32-3)12-18(17)24(27-25(23)29-28-14)16-4-5-20(31)19(26)10-16/h4-5,10-12,15,31H,6-9,13H2,1-3H3,(H,27,28,29). The van der Waals surface area contributed by atoms with Gasteiger partial charge in [0, 0.05) is 27.4 Å². The second-order valence-electron chi connectivity index (χ2n) is 8.78. The first-order valence-corrected chi connectivity index (χ1v) is 11.5. The van der Waals surface area contributed by atoms with Crippen molar-refractivity contribution in [3.63, 3.8) is 0 Å². The van der Waals surface area contributed by atoms with E-state index in [2.05, 4.69) is 22.1 Å². The summed E-state index contributed by atoms with van der Waals surface area (Å²) in [4.78, 5) is 7.17. The quantitative estimate of drug-likeness (QED) is 0.422. The smallest absolute Gasteiger partial charge is 0.182 e. The van der Waals surface area contributed by atoms with Crippen LogP contribution in [-0.2, 0) is 0 Å². The number of aromatic amines is 1. The van der Waals surface area contributed by atoms with E-state index in [0.717, 1.165) is 53.3 Å². The fraction of sp³-hybridized carbons (Fsp3) is 0.360. The van der Waals surface area contributed by atoms with Crippen LogP contribution < -0.4 is 9.47 Å². The molecule has 4 aromatic rings. The molecule has 1 fully saturated rings. The molecule has 0 saturated carbocycles. The highest BCUT2D eigenvalue weighted by Gasteiger charge is 2.21. The third-order valence-electron chi connectivity index (χ3n) is 6.51. The van der Waals surface area contributed by atoms with Crippen molar-refractivity contribution in [3.8, 4) is 28.5 Å². The molecule has 3 heterocycles. The van der Waals surface area contributed by atoms with Crippen molar-refractivity contribution >= 4 is 33.4 Å². The van der Waals surface area contributed by atoms with Crippen LogP contribution in [-0.4, -0.2) is 59.0 Å². The van der Waals surface area contributed by atoms with Gasteiger partial charge in [-0.15, -0.1) is 0 Å². The molecule has 2 aromatic carbocycles. The van der Waals surface area contributed by atoms with Crippen LogP contribution in [0.15, 0.2) is 30.3 Å². The first kappa shape index (κ1) is 21.8. The Balaban J connectivity index is 1.63. The molecule has 0 bridgehead atoms. The molecule has 0 atom stereocenters. The van der Waals surface area contributed by atoms with E-state index >= 15 is 0 Å². The molecular formula is C25H27ClN4O3. The first-order chi connectivity index (χ1) is 15.9. The number of piperidine rings is 1. The predicted octanol–water partition coefficient (Wildman–Crippen LogP) is 5.17. The number of rotatable bonds is 5. The molecular weight excluding hydrogens is 440 g/mol. The summed E-state index contributed by atoms with van der Waals surface area (Å²) in [5.74, 6) is 1.93. The highest BCUT2D eigenvalue weighted by molar-refractivity contribution is 6.32. The summed E-state index contributed by atoms with van der Waals surface area (Å²) in [6.45, 7) is 4.84.